The maximum Gasteiger partial charge on any atom is 0.191 e. The topological polar surface area (TPSA) is 45.7 Å². The molecule has 1 aliphatic rings. The average Bonchev–Trinajstić information content (AvgIpc) is 2.97. The van der Waals surface area contributed by atoms with E-state index in [2.05, 4.69) is 52.9 Å². The zero-order chi connectivity index (χ0) is 16.8. The van der Waals surface area contributed by atoms with Crippen LogP contribution in [0.3, 0.4) is 0 Å². The van der Waals surface area contributed by atoms with Crippen molar-refractivity contribution >= 4 is 41.3 Å². The number of guanidine groups is 1. The van der Waals surface area contributed by atoms with Crippen molar-refractivity contribution in [3.05, 3.63) is 51.7 Å². The largest absolute Gasteiger partial charge is 0.490 e. The molecule has 0 aliphatic heterocycles. The lowest BCUT2D eigenvalue weighted by molar-refractivity contribution is 0.119. The Morgan fingerprint density at radius 1 is 1.16 bits per heavy atom. The molecule has 4 nitrogen and oxygen atoms in total. The number of aliphatic imine (C=N–C) groups is 1. The van der Waals surface area contributed by atoms with Crippen LogP contribution in [0.4, 0.5) is 0 Å². The molecule has 0 bridgehead atoms. The van der Waals surface area contributed by atoms with Crippen molar-refractivity contribution in [1.82, 2.24) is 10.6 Å². The molecule has 1 aliphatic carbocycles. The number of rotatable bonds is 6. The lowest BCUT2D eigenvalue weighted by Gasteiger charge is -2.27. The first kappa shape index (κ1) is 20.0. The highest BCUT2D eigenvalue weighted by Crippen LogP contribution is 2.27. The molecule has 25 heavy (non-hydrogen) atoms. The van der Waals surface area contributed by atoms with Gasteiger partial charge in [0.15, 0.2) is 5.96 Å². The second-order valence-electron chi connectivity index (χ2n) is 6.07. The highest BCUT2D eigenvalue weighted by Gasteiger charge is 2.20. The Balaban J connectivity index is 0.00000225. The minimum absolute atomic E-state index is 0. The maximum absolute atomic E-state index is 6.08. The standard InChI is InChI=1S/C19H25N3OS.HI/c1-14-10-11-17(24-14)13-22-19(20-2)21-12-15-6-3-4-9-18(15)23-16-7-5-8-16;/h3-4,6,9-11,16H,5,7-8,12-13H2,1-2H3,(H2,20,21,22);1H. The highest BCUT2D eigenvalue weighted by molar-refractivity contribution is 14.0. The number of hydrogen-bond acceptors (Lipinski definition) is 3. The van der Waals surface area contributed by atoms with Crippen molar-refractivity contribution < 1.29 is 4.74 Å². The molecule has 0 atom stereocenters. The Morgan fingerprint density at radius 3 is 2.56 bits per heavy atom. The van der Waals surface area contributed by atoms with Gasteiger partial charge in [0.1, 0.15) is 5.75 Å². The van der Waals surface area contributed by atoms with E-state index in [1.54, 1.807) is 7.05 Å². The molecule has 1 aromatic heterocycles. The van der Waals surface area contributed by atoms with Crippen LogP contribution in [0, 0.1) is 6.92 Å². The number of thiophene rings is 1. The molecular weight excluding hydrogens is 445 g/mol. The van der Waals surface area contributed by atoms with Gasteiger partial charge >= 0.3 is 0 Å². The normalized spacial score (nSPS) is 14.4. The number of para-hydroxylation sites is 1. The molecule has 136 valence electrons. The van der Waals surface area contributed by atoms with Gasteiger partial charge in [-0.3, -0.25) is 4.99 Å². The van der Waals surface area contributed by atoms with Crippen LogP contribution < -0.4 is 15.4 Å². The van der Waals surface area contributed by atoms with Gasteiger partial charge in [-0.1, -0.05) is 18.2 Å². The molecule has 1 fully saturated rings. The predicted molar refractivity (Wildman–Crippen MR) is 116 cm³/mol. The second-order valence-corrected chi connectivity index (χ2v) is 7.44. The molecule has 0 saturated heterocycles. The van der Waals surface area contributed by atoms with Crippen molar-refractivity contribution in [2.24, 2.45) is 4.99 Å². The quantitative estimate of drug-likeness (QED) is 0.371. The van der Waals surface area contributed by atoms with Crippen molar-refractivity contribution in [3.8, 4) is 5.75 Å². The number of aryl methyl sites for hydroxylation is 1. The molecule has 0 amide bonds. The van der Waals surface area contributed by atoms with Crippen LogP contribution in [0.1, 0.15) is 34.6 Å². The van der Waals surface area contributed by atoms with Gasteiger partial charge in [-0.05, 0) is 44.4 Å². The summed E-state index contributed by atoms with van der Waals surface area (Å²) in [4.78, 5) is 6.94. The van der Waals surface area contributed by atoms with Crippen LogP contribution in [0.15, 0.2) is 41.4 Å². The third-order valence-electron chi connectivity index (χ3n) is 4.21. The Morgan fingerprint density at radius 2 is 1.92 bits per heavy atom. The average molecular weight is 471 g/mol. The van der Waals surface area contributed by atoms with Crippen molar-refractivity contribution in [2.45, 2.75) is 45.4 Å². The minimum Gasteiger partial charge on any atom is -0.490 e. The van der Waals surface area contributed by atoms with Crippen molar-refractivity contribution in [2.75, 3.05) is 7.05 Å². The van der Waals surface area contributed by atoms with Gasteiger partial charge < -0.3 is 15.4 Å². The van der Waals surface area contributed by atoms with E-state index in [0.717, 1.165) is 18.3 Å². The molecule has 2 aromatic rings. The van der Waals surface area contributed by atoms with Crippen molar-refractivity contribution in [1.29, 1.82) is 0 Å². The second kappa shape index (κ2) is 10.0. The summed E-state index contributed by atoms with van der Waals surface area (Å²) >= 11 is 1.81. The van der Waals surface area contributed by atoms with Crippen LogP contribution in [0.2, 0.25) is 0 Å². The summed E-state index contributed by atoms with van der Waals surface area (Å²) in [6.07, 6.45) is 4.02. The summed E-state index contributed by atoms with van der Waals surface area (Å²) in [5, 5.41) is 6.74. The van der Waals surface area contributed by atoms with Gasteiger partial charge in [-0.15, -0.1) is 35.3 Å². The maximum atomic E-state index is 6.08. The first-order valence-electron chi connectivity index (χ1n) is 8.49. The van der Waals surface area contributed by atoms with Gasteiger partial charge in [0, 0.05) is 28.9 Å². The number of benzene rings is 1. The van der Waals surface area contributed by atoms with Gasteiger partial charge in [0.2, 0.25) is 0 Å². The Labute approximate surface area is 171 Å². The van der Waals surface area contributed by atoms with E-state index >= 15 is 0 Å². The molecule has 2 N–H and O–H groups in total. The molecule has 0 radical (unpaired) electrons. The summed E-state index contributed by atoms with van der Waals surface area (Å²) in [5.41, 5.74) is 1.17. The Kier molecular flexibility index (Phi) is 8.02. The van der Waals surface area contributed by atoms with Crippen molar-refractivity contribution in [3.63, 3.8) is 0 Å². The monoisotopic (exact) mass is 471 g/mol. The van der Waals surface area contributed by atoms with E-state index in [1.165, 1.54) is 34.6 Å². The number of ether oxygens (including phenoxy) is 1. The number of halogens is 1. The van der Waals surface area contributed by atoms with Crippen LogP contribution in [0.25, 0.3) is 0 Å². The summed E-state index contributed by atoms with van der Waals surface area (Å²) in [6, 6.07) is 12.5. The lowest BCUT2D eigenvalue weighted by atomic mass is 9.96. The van der Waals surface area contributed by atoms with Gasteiger partial charge in [-0.25, -0.2) is 0 Å². The highest BCUT2D eigenvalue weighted by atomic mass is 127. The van der Waals surface area contributed by atoms with Crippen LogP contribution in [-0.4, -0.2) is 19.1 Å². The minimum atomic E-state index is 0. The molecule has 0 unspecified atom stereocenters. The Hall–Kier alpha value is -1.28. The SMILES string of the molecule is CN=C(NCc1ccc(C)s1)NCc1ccccc1OC1CCC1.I. The molecular formula is C19H26IN3OS. The first-order valence-corrected chi connectivity index (χ1v) is 9.30. The summed E-state index contributed by atoms with van der Waals surface area (Å²) in [6.45, 7) is 3.62. The van der Waals surface area contributed by atoms with Crippen LogP contribution in [-0.2, 0) is 13.1 Å². The number of hydrogen-bond donors (Lipinski definition) is 2. The van der Waals surface area contributed by atoms with Crippen LogP contribution in [0.5, 0.6) is 5.75 Å². The molecule has 6 heteroatoms. The molecule has 1 aromatic carbocycles. The third kappa shape index (κ3) is 5.88. The first-order chi connectivity index (χ1) is 11.7. The molecule has 0 spiro atoms. The van der Waals surface area contributed by atoms with Crippen LogP contribution >= 0.6 is 35.3 Å². The lowest BCUT2D eigenvalue weighted by Crippen LogP contribution is -2.36. The fourth-order valence-electron chi connectivity index (χ4n) is 2.58. The fraction of sp³-hybridized carbons (Fsp3) is 0.421. The van der Waals surface area contributed by atoms with E-state index < -0.39 is 0 Å². The third-order valence-corrected chi connectivity index (χ3v) is 5.22. The van der Waals surface area contributed by atoms with Gasteiger partial charge in [0.05, 0.1) is 12.6 Å². The van der Waals surface area contributed by atoms with E-state index in [1.807, 2.05) is 17.4 Å². The fourth-order valence-corrected chi connectivity index (χ4v) is 3.41. The van der Waals surface area contributed by atoms with E-state index in [9.17, 15) is 0 Å². The summed E-state index contributed by atoms with van der Waals surface area (Å²) < 4.78 is 6.08. The Bertz CT molecular complexity index is 697. The summed E-state index contributed by atoms with van der Waals surface area (Å²) in [7, 11) is 1.80. The van der Waals surface area contributed by atoms with E-state index in [0.29, 0.717) is 12.6 Å². The summed E-state index contributed by atoms with van der Waals surface area (Å²) in [5.74, 6) is 1.79. The van der Waals surface area contributed by atoms with E-state index in [4.69, 9.17) is 4.74 Å². The predicted octanol–water partition coefficient (Wildman–Crippen LogP) is 4.47. The zero-order valence-electron chi connectivity index (χ0n) is 14.7. The zero-order valence-corrected chi connectivity index (χ0v) is 17.9. The van der Waals surface area contributed by atoms with E-state index in [-0.39, 0.29) is 24.0 Å². The molecule has 3 rings (SSSR count). The smallest absolute Gasteiger partial charge is 0.191 e. The molecule has 1 heterocycles. The number of nitrogens with one attached hydrogen (secondary N) is 2. The van der Waals surface area contributed by atoms with Gasteiger partial charge in [-0.2, -0.15) is 0 Å². The number of nitrogens with zero attached hydrogens (tertiary/aromatic N) is 1. The van der Waals surface area contributed by atoms with Gasteiger partial charge in [0.25, 0.3) is 0 Å². The molecule has 1 saturated carbocycles.